The van der Waals surface area contributed by atoms with Gasteiger partial charge in [0.25, 0.3) is 5.91 Å². The van der Waals surface area contributed by atoms with E-state index in [2.05, 4.69) is 10.6 Å². The molecule has 7 heteroatoms. The number of anilines is 2. The second kappa shape index (κ2) is 8.63. The molecule has 1 aliphatic heterocycles. The van der Waals surface area contributed by atoms with Gasteiger partial charge in [-0.15, -0.1) is 0 Å². The summed E-state index contributed by atoms with van der Waals surface area (Å²) in [6, 6.07) is 24.8. The Morgan fingerprint density at radius 2 is 1.76 bits per heavy atom. The van der Waals surface area contributed by atoms with Crippen LogP contribution in [-0.2, 0) is 0 Å². The molecule has 2 N–H and O–H groups in total. The van der Waals surface area contributed by atoms with Gasteiger partial charge in [-0.2, -0.15) is 5.10 Å². The lowest BCUT2D eigenvalue weighted by Gasteiger charge is -2.15. The number of hydrogen-bond acceptors (Lipinski definition) is 3. The van der Waals surface area contributed by atoms with Crippen molar-refractivity contribution in [3.05, 3.63) is 96.2 Å². The van der Waals surface area contributed by atoms with E-state index in [1.165, 1.54) is 0 Å². The van der Waals surface area contributed by atoms with Crippen molar-refractivity contribution in [2.24, 2.45) is 0 Å². The van der Waals surface area contributed by atoms with E-state index in [1.54, 1.807) is 21.8 Å². The zero-order chi connectivity index (χ0) is 22.8. The first-order valence-corrected chi connectivity index (χ1v) is 10.8. The van der Waals surface area contributed by atoms with Crippen LogP contribution in [-0.4, -0.2) is 34.8 Å². The van der Waals surface area contributed by atoms with Crippen LogP contribution in [0, 0.1) is 6.92 Å². The van der Waals surface area contributed by atoms with Crippen molar-refractivity contribution >= 4 is 23.3 Å². The van der Waals surface area contributed by atoms with Crippen molar-refractivity contribution in [3.63, 3.8) is 0 Å². The Labute approximate surface area is 191 Å². The number of carbonyl (C=O) groups excluding carboxylic acids is 2. The molecule has 7 nitrogen and oxygen atoms in total. The molecule has 1 aromatic heterocycles. The molecule has 0 saturated carbocycles. The number of rotatable bonds is 5. The second-order valence-electron chi connectivity index (χ2n) is 7.93. The van der Waals surface area contributed by atoms with Gasteiger partial charge in [-0.1, -0.05) is 48.0 Å². The van der Waals surface area contributed by atoms with Gasteiger partial charge in [0, 0.05) is 36.2 Å². The zero-order valence-electron chi connectivity index (χ0n) is 18.2. The summed E-state index contributed by atoms with van der Waals surface area (Å²) in [5.74, 6) is -0.267. The van der Waals surface area contributed by atoms with Crippen molar-refractivity contribution in [1.82, 2.24) is 15.1 Å². The van der Waals surface area contributed by atoms with Crippen LogP contribution in [0.5, 0.6) is 0 Å². The summed E-state index contributed by atoms with van der Waals surface area (Å²) in [6.07, 6.45) is 1.75. The molecular weight excluding hydrogens is 414 g/mol. The fraction of sp³-hybridized carbons (Fsp3) is 0.115. The van der Waals surface area contributed by atoms with Crippen LogP contribution in [0.15, 0.2) is 85.1 Å². The van der Waals surface area contributed by atoms with Crippen LogP contribution in [0.25, 0.3) is 16.9 Å². The molecule has 1 saturated heterocycles. The monoisotopic (exact) mass is 437 g/mol. The zero-order valence-corrected chi connectivity index (χ0v) is 18.2. The minimum atomic E-state index is -0.267. The lowest BCUT2D eigenvalue weighted by Crippen LogP contribution is -2.27. The number of benzene rings is 3. The summed E-state index contributed by atoms with van der Waals surface area (Å²) in [6.45, 7) is 3.21. The molecule has 3 aromatic carbocycles. The average molecular weight is 438 g/mol. The maximum Gasteiger partial charge on any atom is 0.321 e. The van der Waals surface area contributed by atoms with Gasteiger partial charge in [0.15, 0.2) is 0 Å². The van der Waals surface area contributed by atoms with Crippen LogP contribution in [0.2, 0.25) is 0 Å². The lowest BCUT2D eigenvalue weighted by atomic mass is 10.1. The standard InChI is InChI=1S/C26H23N5O2/c1-18-7-5-8-19(15-18)24-23(17-31(29-24)21-10-3-2-4-11-21)25(32)28-20-9-6-12-22(16-20)30-14-13-27-26(30)33/h2-12,15-17H,13-14H2,1H3,(H,27,33)(H,28,32). The minimum absolute atomic E-state index is 0.135. The number of hydrogen-bond donors (Lipinski definition) is 2. The highest BCUT2D eigenvalue weighted by Crippen LogP contribution is 2.27. The third-order valence-corrected chi connectivity index (χ3v) is 5.54. The molecule has 0 radical (unpaired) electrons. The van der Waals surface area contributed by atoms with Crippen LogP contribution >= 0.6 is 0 Å². The summed E-state index contributed by atoms with van der Waals surface area (Å²) < 4.78 is 1.72. The molecule has 0 aliphatic carbocycles. The molecule has 0 unspecified atom stereocenters. The van der Waals surface area contributed by atoms with Crippen LogP contribution in [0.1, 0.15) is 15.9 Å². The van der Waals surface area contributed by atoms with Crippen molar-refractivity contribution in [2.75, 3.05) is 23.3 Å². The SMILES string of the molecule is Cc1cccc(-c2nn(-c3ccccc3)cc2C(=O)Nc2cccc(N3CCNC3=O)c2)c1. The Hall–Kier alpha value is -4.39. The molecule has 1 fully saturated rings. The van der Waals surface area contributed by atoms with Crippen LogP contribution in [0.4, 0.5) is 16.2 Å². The predicted molar refractivity (Wildman–Crippen MR) is 129 cm³/mol. The van der Waals surface area contributed by atoms with E-state index in [0.717, 1.165) is 22.5 Å². The van der Waals surface area contributed by atoms with Gasteiger partial charge >= 0.3 is 6.03 Å². The quantitative estimate of drug-likeness (QED) is 0.478. The number of para-hydroxylation sites is 1. The van der Waals surface area contributed by atoms with Crippen molar-refractivity contribution in [2.45, 2.75) is 6.92 Å². The van der Waals surface area contributed by atoms with Gasteiger partial charge in [0.1, 0.15) is 5.69 Å². The normalized spacial score (nSPS) is 13.1. The molecule has 2 heterocycles. The first kappa shape index (κ1) is 20.5. The van der Waals surface area contributed by atoms with E-state index in [9.17, 15) is 9.59 Å². The second-order valence-corrected chi connectivity index (χ2v) is 7.93. The van der Waals surface area contributed by atoms with Crippen molar-refractivity contribution < 1.29 is 9.59 Å². The topological polar surface area (TPSA) is 79.3 Å². The molecule has 0 bridgehead atoms. The highest BCUT2D eigenvalue weighted by atomic mass is 16.2. The largest absolute Gasteiger partial charge is 0.336 e. The van der Waals surface area contributed by atoms with E-state index < -0.39 is 0 Å². The third-order valence-electron chi connectivity index (χ3n) is 5.54. The Balaban J connectivity index is 1.50. The van der Waals surface area contributed by atoms with Gasteiger partial charge in [-0.05, 0) is 43.3 Å². The lowest BCUT2D eigenvalue weighted by molar-refractivity contribution is 0.102. The number of aromatic nitrogens is 2. The molecule has 0 spiro atoms. The molecule has 1 aliphatic rings. The Kier molecular flexibility index (Phi) is 5.36. The number of carbonyl (C=O) groups is 2. The molecule has 164 valence electrons. The van der Waals surface area contributed by atoms with Gasteiger partial charge < -0.3 is 10.6 Å². The molecule has 33 heavy (non-hydrogen) atoms. The van der Waals surface area contributed by atoms with Crippen LogP contribution in [0.3, 0.4) is 0 Å². The van der Waals surface area contributed by atoms with Crippen molar-refractivity contribution in [1.29, 1.82) is 0 Å². The van der Waals surface area contributed by atoms with E-state index in [-0.39, 0.29) is 11.9 Å². The number of urea groups is 1. The van der Waals surface area contributed by atoms with Crippen molar-refractivity contribution in [3.8, 4) is 16.9 Å². The Morgan fingerprint density at radius 1 is 0.970 bits per heavy atom. The van der Waals surface area contributed by atoms with Gasteiger partial charge in [-0.3, -0.25) is 9.69 Å². The summed E-state index contributed by atoms with van der Waals surface area (Å²) in [4.78, 5) is 27.0. The highest BCUT2D eigenvalue weighted by molar-refractivity contribution is 6.08. The first-order valence-electron chi connectivity index (χ1n) is 10.8. The number of nitrogens with one attached hydrogen (secondary N) is 2. The van der Waals surface area contributed by atoms with E-state index in [1.807, 2.05) is 79.7 Å². The summed E-state index contributed by atoms with van der Waals surface area (Å²) in [5, 5.41) is 10.5. The minimum Gasteiger partial charge on any atom is -0.336 e. The molecular formula is C26H23N5O2. The number of amides is 3. The number of nitrogens with zero attached hydrogens (tertiary/aromatic N) is 3. The third kappa shape index (κ3) is 4.21. The predicted octanol–water partition coefficient (Wildman–Crippen LogP) is 4.63. The smallest absolute Gasteiger partial charge is 0.321 e. The molecule has 0 atom stereocenters. The fourth-order valence-corrected chi connectivity index (χ4v) is 3.93. The fourth-order valence-electron chi connectivity index (χ4n) is 3.93. The molecule has 4 aromatic rings. The van der Waals surface area contributed by atoms with Gasteiger partial charge in [0.05, 0.1) is 11.3 Å². The highest BCUT2D eigenvalue weighted by Gasteiger charge is 2.22. The van der Waals surface area contributed by atoms with Gasteiger partial charge in [0.2, 0.25) is 0 Å². The van der Waals surface area contributed by atoms with E-state index in [0.29, 0.717) is 30.0 Å². The van der Waals surface area contributed by atoms with E-state index >= 15 is 0 Å². The number of aryl methyl sites for hydroxylation is 1. The Bertz CT molecular complexity index is 1330. The van der Waals surface area contributed by atoms with Gasteiger partial charge in [-0.25, -0.2) is 9.48 Å². The summed E-state index contributed by atoms with van der Waals surface area (Å²) in [5.41, 5.74) is 5.25. The van der Waals surface area contributed by atoms with E-state index in [4.69, 9.17) is 5.10 Å². The first-order chi connectivity index (χ1) is 16.1. The summed E-state index contributed by atoms with van der Waals surface area (Å²) >= 11 is 0. The maximum absolute atomic E-state index is 13.4. The molecule has 3 amide bonds. The maximum atomic E-state index is 13.4. The summed E-state index contributed by atoms with van der Waals surface area (Å²) in [7, 11) is 0. The molecule has 5 rings (SSSR count). The Morgan fingerprint density at radius 3 is 2.52 bits per heavy atom. The van der Waals surface area contributed by atoms with Crippen LogP contribution < -0.4 is 15.5 Å². The average Bonchev–Trinajstić information content (AvgIpc) is 3.47.